The summed E-state index contributed by atoms with van der Waals surface area (Å²) in [7, 11) is -3.92. The maximum absolute atomic E-state index is 7.03. The molecule has 2 nitrogen and oxygen atoms in total. The fourth-order valence-corrected chi connectivity index (χ4v) is 8.00. The van der Waals surface area contributed by atoms with Crippen molar-refractivity contribution in [1.29, 1.82) is 0 Å². The highest BCUT2D eigenvalue weighted by Gasteiger charge is 2.46. The number of hydrogen-bond donors (Lipinski definition) is 0. The Morgan fingerprint density at radius 3 is 1.97 bits per heavy atom. The summed E-state index contributed by atoms with van der Waals surface area (Å²) < 4.78 is 13.9. The van der Waals surface area contributed by atoms with Gasteiger partial charge in [0.2, 0.25) is 16.6 Å². The second kappa shape index (κ2) is 9.87. The molecule has 0 spiro atoms. The molecule has 0 fully saturated rings. The molecule has 2 aliphatic carbocycles. The van der Waals surface area contributed by atoms with E-state index in [0.717, 1.165) is 17.9 Å². The summed E-state index contributed by atoms with van der Waals surface area (Å²) >= 11 is 0. The van der Waals surface area contributed by atoms with E-state index in [1.807, 2.05) is 0 Å². The van der Waals surface area contributed by atoms with E-state index < -0.39 is 16.6 Å². The quantitative estimate of drug-likeness (QED) is 0.263. The van der Waals surface area contributed by atoms with Gasteiger partial charge in [-0.1, -0.05) is 80.4 Å². The largest absolute Gasteiger partial charge is 0.543 e. The van der Waals surface area contributed by atoms with Crippen LogP contribution in [0.2, 0.25) is 36.3 Å². The van der Waals surface area contributed by atoms with Gasteiger partial charge in [0.05, 0.1) is 0 Å². The van der Waals surface area contributed by atoms with Crippen LogP contribution in [0.4, 0.5) is 0 Å². The molecule has 0 aliphatic heterocycles. The van der Waals surface area contributed by atoms with Crippen LogP contribution in [-0.4, -0.2) is 16.6 Å². The Bertz CT molecular complexity index is 1020. The lowest BCUT2D eigenvalue weighted by atomic mass is 9.55. The van der Waals surface area contributed by atoms with Crippen LogP contribution in [0, 0.1) is 16.7 Å². The van der Waals surface area contributed by atoms with E-state index in [4.69, 9.17) is 8.85 Å². The number of benzene rings is 1. The maximum atomic E-state index is 7.03. The normalized spacial score (nSPS) is 25.1. The topological polar surface area (TPSA) is 18.5 Å². The van der Waals surface area contributed by atoms with E-state index in [-0.39, 0.29) is 15.5 Å². The Morgan fingerprint density at radius 1 is 0.838 bits per heavy atom. The number of rotatable bonds is 6. The molecule has 0 bridgehead atoms. The highest BCUT2D eigenvalue weighted by molar-refractivity contribution is 6.75. The SMILES string of the molecule is C[C@H]1CCC2=C(CCCC2(C)C)[C@]1(C)Cc1cc(O[Si](C)(C)C(C)(C)C)ccc1O[Si](C)(C)C(C)(C)C. The summed E-state index contributed by atoms with van der Waals surface area (Å²) in [6.07, 6.45) is 7.50. The highest BCUT2D eigenvalue weighted by Crippen LogP contribution is 2.57. The predicted octanol–water partition coefficient (Wildman–Crippen LogP) is 10.9. The molecule has 1 aromatic rings. The van der Waals surface area contributed by atoms with Crippen molar-refractivity contribution in [1.82, 2.24) is 0 Å². The zero-order chi connectivity index (χ0) is 28.2. The van der Waals surface area contributed by atoms with Crippen LogP contribution in [0.25, 0.3) is 0 Å². The summed E-state index contributed by atoms with van der Waals surface area (Å²) in [6, 6.07) is 6.76. The van der Waals surface area contributed by atoms with Crippen molar-refractivity contribution in [2.24, 2.45) is 16.7 Å². The van der Waals surface area contributed by atoms with Gasteiger partial charge >= 0.3 is 0 Å². The third-order valence-electron chi connectivity index (χ3n) is 11.0. The molecule has 37 heavy (non-hydrogen) atoms. The van der Waals surface area contributed by atoms with E-state index >= 15 is 0 Å². The molecule has 0 saturated carbocycles. The molecule has 2 aliphatic rings. The molecular formula is C33H58O2Si2. The van der Waals surface area contributed by atoms with Crippen molar-refractivity contribution >= 4 is 16.6 Å². The van der Waals surface area contributed by atoms with Crippen molar-refractivity contribution in [3.8, 4) is 11.5 Å². The second-order valence-electron chi connectivity index (χ2n) is 16.2. The van der Waals surface area contributed by atoms with Crippen LogP contribution in [0.15, 0.2) is 29.3 Å². The molecule has 0 radical (unpaired) electrons. The average molecular weight is 543 g/mol. The third-order valence-corrected chi connectivity index (χ3v) is 19.7. The lowest BCUT2D eigenvalue weighted by Crippen LogP contribution is -2.45. The summed E-state index contributed by atoms with van der Waals surface area (Å²) in [5.74, 6) is 2.77. The Morgan fingerprint density at radius 2 is 1.41 bits per heavy atom. The summed E-state index contributed by atoms with van der Waals surface area (Å²) in [5.41, 5.74) is 5.36. The van der Waals surface area contributed by atoms with Gasteiger partial charge in [-0.3, -0.25) is 0 Å². The van der Waals surface area contributed by atoms with E-state index in [2.05, 4.69) is 114 Å². The zero-order valence-corrected chi connectivity index (χ0v) is 28.9. The lowest BCUT2D eigenvalue weighted by molar-refractivity contribution is 0.179. The van der Waals surface area contributed by atoms with Gasteiger partial charge in [-0.05, 0) is 115 Å². The van der Waals surface area contributed by atoms with Crippen LogP contribution in [-0.2, 0) is 6.42 Å². The first-order valence-corrected chi connectivity index (χ1v) is 20.7. The van der Waals surface area contributed by atoms with E-state index in [9.17, 15) is 0 Å². The Hall–Kier alpha value is -1.01. The smallest absolute Gasteiger partial charge is 0.250 e. The molecule has 3 rings (SSSR count). The molecule has 0 amide bonds. The Labute approximate surface area is 232 Å². The van der Waals surface area contributed by atoms with Gasteiger partial charge in [0, 0.05) is 0 Å². The summed E-state index contributed by atoms with van der Waals surface area (Å²) in [6.45, 7) is 33.4. The molecule has 210 valence electrons. The van der Waals surface area contributed by atoms with Crippen molar-refractivity contribution in [2.45, 2.75) is 144 Å². The summed E-state index contributed by atoms with van der Waals surface area (Å²) in [5, 5.41) is 0.326. The first-order chi connectivity index (χ1) is 16.6. The predicted molar refractivity (Wildman–Crippen MR) is 167 cm³/mol. The Kier molecular flexibility index (Phi) is 8.15. The van der Waals surface area contributed by atoms with E-state index in [1.165, 1.54) is 37.7 Å². The van der Waals surface area contributed by atoms with Crippen LogP contribution < -0.4 is 8.85 Å². The molecule has 0 saturated heterocycles. The van der Waals surface area contributed by atoms with Gasteiger partial charge in [-0.2, -0.15) is 0 Å². The van der Waals surface area contributed by atoms with E-state index in [0.29, 0.717) is 11.3 Å². The first kappa shape index (κ1) is 30.5. The lowest BCUT2D eigenvalue weighted by Gasteiger charge is -2.50. The van der Waals surface area contributed by atoms with Gasteiger partial charge in [-0.25, -0.2) is 0 Å². The van der Waals surface area contributed by atoms with Crippen molar-refractivity contribution in [2.75, 3.05) is 0 Å². The molecule has 0 heterocycles. The molecule has 4 heteroatoms. The van der Waals surface area contributed by atoms with Gasteiger partial charge in [0.1, 0.15) is 11.5 Å². The van der Waals surface area contributed by atoms with Crippen LogP contribution >= 0.6 is 0 Å². The molecular weight excluding hydrogens is 485 g/mol. The molecule has 0 aromatic heterocycles. The van der Waals surface area contributed by atoms with Gasteiger partial charge in [0.15, 0.2) is 0 Å². The fraction of sp³-hybridized carbons (Fsp3) is 0.758. The maximum Gasteiger partial charge on any atom is 0.250 e. The first-order valence-electron chi connectivity index (χ1n) is 14.8. The van der Waals surface area contributed by atoms with Crippen LogP contribution in [0.1, 0.15) is 107 Å². The number of hydrogen-bond acceptors (Lipinski definition) is 2. The van der Waals surface area contributed by atoms with Crippen molar-refractivity contribution in [3.05, 3.63) is 34.9 Å². The van der Waals surface area contributed by atoms with Gasteiger partial charge < -0.3 is 8.85 Å². The molecule has 1 aromatic carbocycles. The highest BCUT2D eigenvalue weighted by atomic mass is 28.4. The monoisotopic (exact) mass is 542 g/mol. The van der Waals surface area contributed by atoms with Gasteiger partial charge in [0.25, 0.3) is 0 Å². The minimum Gasteiger partial charge on any atom is -0.543 e. The minimum absolute atomic E-state index is 0.158. The zero-order valence-electron chi connectivity index (χ0n) is 26.9. The van der Waals surface area contributed by atoms with Crippen molar-refractivity contribution in [3.63, 3.8) is 0 Å². The van der Waals surface area contributed by atoms with Crippen LogP contribution in [0.5, 0.6) is 11.5 Å². The van der Waals surface area contributed by atoms with Crippen molar-refractivity contribution < 1.29 is 8.85 Å². The molecule has 0 N–H and O–H groups in total. The van der Waals surface area contributed by atoms with Gasteiger partial charge in [-0.15, -0.1) is 0 Å². The molecule has 2 atom stereocenters. The minimum atomic E-state index is -1.98. The number of allylic oxidation sites excluding steroid dienone is 2. The van der Waals surface area contributed by atoms with Crippen LogP contribution in [0.3, 0.4) is 0 Å². The third kappa shape index (κ3) is 6.10. The Balaban J connectivity index is 2.11. The molecule has 0 unspecified atom stereocenters. The fourth-order valence-electron chi connectivity index (χ4n) is 5.92. The second-order valence-corrected chi connectivity index (χ2v) is 25.7. The average Bonchev–Trinajstić information content (AvgIpc) is 2.71. The van der Waals surface area contributed by atoms with E-state index in [1.54, 1.807) is 11.1 Å². The standard InChI is InChI=1S/C33H58O2Si2/c1-24-17-19-27-28(16-15-21-32(27,8)9)33(24,10)23-25-22-26(34-36(11,12)30(2,3)4)18-20-29(25)35-37(13,14)31(5,6)7/h18,20,22,24H,15-17,19,21,23H2,1-14H3/t24-,33+/m0/s1. The summed E-state index contributed by atoms with van der Waals surface area (Å²) in [4.78, 5) is 0.